The normalized spacial score (nSPS) is 43.4. The second-order valence-corrected chi connectivity index (χ2v) is 9.15. The molecule has 3 aliphatic rings. The molecule has 2 aliphatic carbocycles. The highest BCUT2D eigenvalue weighted by atomic mass is 16.5. The summed E-state index contributed by atoms with van der Waals surface area (Å²) in [5.41, 5.74) is 0.889. The lowest BCUT2D eigenvalue weighted by Crippen LogP contribution is -2.58. The van der Waals surface area contributed by atoms with Crippen LogP contribution in [0.2, 0.25) is 0 Å². The van der Waals surface area contributed by atoms with Crippen LogP contribution in [0.3, 0.4) is 0 Å². The number of hydrogen-bond donors (Lipinski definition) is 0. The minimum Gasteiger partial charge on any atom is -0.469 e. The Labute approximate surface area is 146 Å². The molecular weight excluding hydrogens is 300 g/mol. The molecule has 1 aliphatic heterocycles. The molecule has 0 radical (unpaired) electrons. The highest BCUT2D eigenvalue weighted by molar-refractivity contribution is 5.70. The topological polar surface area (TPSA) is 35.5 Å². The van der Waals surface area contributed by atoms with Crippen molar-refractivity contribution >= 4 is 5.97 Å². The summed E-state index contributed by atoms with van der Waals surface area (Å²) in [6.45, 7) is 11.4. The lowest BCUT2D eigenvalue weighted by Gasteiger charge is -2.59. The van der Waals surface area contributed by atoms with Crippen LogP contribution in [0, 0.1) is 16.7 Å². The molecule has 3 nitrogen and oxygen atoms in total. The fraction of sp³-hybridized carbons (Fsp3) is 0.762. The lowest BCUT2D eigenvalue weighted by molar-refractivity contribution is -0.180. The first-order chi connectivity index (χ1) is 11.1. The summed E-state index contributed by atoms with van der Waals surface area (Å²) in [5, 5.41) is 0. The quantitative estimate of drug-likeness (QED) is 0.537. The van der Waals surface area contributed by atoms with Crippen molar-refractivity contribution in [3.05, 3.63) is 23.8 Å². The standard InChI is InChI=1S/C21H32O3/c1-15-8-9-16-18(2,3)10-7-11-20(16,5)21(15)13-12-19(4,24-21)14-17(22)23-6/h7-8,10,16H,9,11-14H2,1-6H3/t16-,19-,20-,21+/m0/s1. The van der Waals surface area contributed by atoms with Crippen LogP contribution in [0.15, 0.2) is 23.8 Å². The van der Waals surface area contributed by atoms with Crippen molar-refractivity contribution in [3.8, 4) is 0 Å². The zero-order chi connectivity index (χ0) is 17.8. The number of carbonyl (C=O) groups is 1. The van der Waals surface area contributed by atoms with Gasteiger partial charge in [0.05, 0.1) is 24.7 Å². The van der Waals surface area contributed by atoms with Crippen molar-refractivity contribution in [2.75, 3.05) is 7.11 Å². The zero-order valence-electron chi connectivity index (χ0n) is 16.1. The predicted octanol–water partition coefficient (Wildman–Crippen LogP) is 4.82. The first-order valence-electron chi connectivity index (χ1n) is 9.21. The molecule has 3 heteroatoms. The Morgan fingerprint density at radius 2 is 2.00 bits per heavy atom. The smallest absolute Gasteiger partial charge is 0.308 e. The van der Waals surface area contributed by atoms with Gasteiger partial charge in [0.15, 0.2) is 0 Å². The van der Waals surface area contributed by atoms with E-state index in [2.05, 4.69) is 52.8 Å². The number of allylic oxidation sites excluding steroid dienone is 3. The van der Waals surface area contributed by atoms with Gasteiger partial charge in [0.1, 0.15) is 0 Å². The molecule has 3 rings (SSSR count). The van der Waals surface area contributed by atoms with E-state index < -0.39 is 5.60 Å². The Balaban J connectivity index is 2.00. The summed E-state index contributed by atoms with van der Waals surface area (Å²) < 4.78 is 11.7. The van der Waals surface area contributed by atoms with E-state index in [0.717, 1.165) is 25.7 Å². The second kappa shape index (κ2) is 5.45. The van der Waals surface area contributed by atoms with E-state index >= 15 is 0 Å². The Morgan fingerprint density at radius 1 is 1.29 bits per heavy atom. The third-order valence-electron chi connectivity index (χ3n) is 7.15. The van der Waals surface area contributed by atoms with Crippen LogP contribution in [0.1, 0.15) is 66.7 Å². The Morgan fingerprint density at radius 3 is 2.67 bits per heavy atom. The highest BCUT2D eigenvalue weighted by Crippen LogP contribution is 2.65. The number of methoxy groups -OCH3 is 1. The van der Waals surface area contributed by atoms with E-state index in [1.807, 2.05) is 0 Å². The van der Waals surface area contributed by atoms with E-state index in [-0.39, 0.29) is 22.4 Å². The van der Waals surface area contributed by atoms with Gasteiger partial charge in [-0.2, -0.15) is 0 Å². The molecule has 1 spiro atoms. The van der Waals surface area contributed by atoms with Crippen LogP contribution < -0.4 is 0 Å². The maximum atomic E-state index is 11.9. The molecule has 4 atom stereocenters. The summed E-state index contributed by atoms with van der Waals surface area (Å²) in [6, 6.07) is 0. The van der Waals surface area contributed by atoms with Crippen molar-refractivity contribution in [1.82, 2.24) is 0 Å². The van der Waals surface area contributed by atoms with Gasteiger partial charge in [0, 0.05) is 5.41 Å². The largest absolute Gasteiger partial charge is 0.469 e. The van der Waals surface area contributed by atoms with Crippen molar-refractivity contribution in [1.29, 1.82) is 0 Å². The molecule has 0 saturated carbocycles. The zero-order valence-corrected chi connectivity index (χ0v) is 16.1. The molecular formula is C21H32O3. The summed E-state index contributed by atoms with van der Waals surface area (Å²) >= 11 is 0. The fourth-order valence-corrected chi connectivity index (χ4v) is 5.75. The minimum absolute atomic E-state index is 0.0674. The molecule has 0 aromatic rings. The minimum atomic E-state index is -0.432. The number of fused-ring (bicyclic) bond motifs is 2. The molecule has 0 N–H and O–H groups in total. The Kier molecular flexibility index (Phi) is 4.03. The van der Waals surface area contributed by atoms with Crippen molar-refractivity contribution in [2.24, 2.45) is 16.7 Å². The number of rotatable bonds is 2. The molecule has 0 bridgehead atoms. The van der Waals surface area contributed by atoms with Gasteiger partial charge in [-0.25, -0.2) is 0 Å². The van der Waals surface area contributed by atoms with E-state index in [9.17, 15) is 4.79 Å². The maximum Gasteiger partial charge on any atom is 0.308 e. The molecule has 1 saturated heterocycles. The van der Waals surface area contributed by atoms with Gasteiger partial charge in [-0.05, 0) is 56.4 Å². The molecule has 134 valence electrons. The number of hydrogen-bond acceptors (Lipinski definition) is 3. The molecule has 0 unspecified atom stereocenters. The van der Waals surface area contributed by atoms with Crippen molar-refractivity contribution in [2.45, 2.75) is 77.9 Å². The molecule has 0 aromatic heterocycles. The third kappa shape index (κ3) is 2.39. The lowest BCUT2D eigenvalue weighted by atomic mass is 9.48. The third-order valence-corrected chi connectivity index (χ3v) is 7.15. The van der Waals surface area contributed by atoms with Gasteiger partial charge < -0.3 is 9.47 Å². The SMILES string of the molecule is COC(=O)C[C@]1(C)CC[C@@]2(O1)C(C)=CC[C@H]1C(C)(C)C=CC[C@@]12C. The highest BCUT2D eigenvalue weighted by Gasteiger charge is 2.63. The van der Waals surface area contributed by atoms with Crippen LogP contribution in [-0.4, -0.2) is 24.3 Å². The second-order valence-electron chi connectivity index (χ2n) is 9.15. The molecule has 1 heterocycles. The monoisotopic (exact) mass is 332 g/mol. The van der Waals surface area contributed by atoms with Crippen molar-refractivity contribution < 1.29 is 14.3 Å². The van der Waals surface area contributed by atoms with Crippen LogP contribution in [-0.2, 0) is 14.3 Å². The van der Waals surface area contributed by atoms with E-state index in [0.29, 0.717) is 12.3 Å². The maximum absolute atomic E-state index is 11.9. The van der Waals surface area contributed by atoms with E-state index in [1.165, 1.54) is 12.7 Å². The van der Waals surface area contributed by atoms with Gasteiger partial charge in [0.25, 0.3) is 0 Å². The van der Waals surface area contributed by atoms with Gasteiger partial charge in [0.2, 0.25) is 0 Å². The van der Waals surface area contributed by atoms with Crippen LogP contribution in [0.25, 0.3) is 0 Å². The molecule has 0 amide bonds. The van der Waals surface area contributed by atoms with Crippen LogP contribution in [0.5, 0.6) is 0 Å². The fourth-order valence-electron chi connectivity index (χ4n) is 5.75. The average Bonchev–Trinajstić information content (AvgIpc) is 2.83. The van der Waals surface area contributed by atoms with Gasteiger partial charge in [-0.3, -0.25) is 4.79 Å². The molecule has 24 heavy (non-hydrogen) atoms. The van der Waals surface area contributed by atoms with Crippen molar-refractivity contribution in [3.63, 3.8) is 0 Å². The summed E-state index contributed by atoms with van der Waals surface area (Å²) in [7, 11) is 1.45. The van der Waals surface area contributed by atoms with Gasteiger partial charge >= 0.3 is 5.97 Å². The number of ether oxygens (including phenoxy) is 2. The first kappa shape index (κ1) is 17.7. The number of carbonyl (C=O) groups excluding carboxylic acids is 1. The van der Waals surface area contributed by atoms with Gasteiger partial charge in [-0.15, -0.1) is 0 Å². The summed E-state index contributed by atoms with van der Waals surface area (Å²) in [4.78, 5) is 11.9. The summed E-state index contributed by atoms with van der Waals surface area (Å²) in [5.74, 6) is 0.372. The molecule has 1 fully saturated rings. The van der Waals surface area contributed by atoms with E-state index in [1.54, 1.807) is 0 Å². The molecule has 0 aromatic carbocycles. The first-order valence-corrected chi connectivity index (χ1v) is 9.21. The summed E-state index contributed by atoms with van der Waals surface area (Å²) in [6.07, 6.45) is 11.5. The average molecular weight is 332 g/mol. The Hall–Kier alpha value is -1.09. The van der Waals surface area contributed by atoms with Gasteiger partial charge in [-0.1, -0.05) is 39.0 Å². The number of esters is 1. The van der Waals surface area contributed by atoms with Crippen LogP contribution in [0.4, 0.5) is 0 Å². The Bertz CT molecular complexity index is 602. The predicted molar refractivity (Wildman–Crippen MR) is 95.6 cm³/mol. The van der Waals surface area contributed by atoms with E-state index in [4.69, 9.17) is 9.47 Å². The van der Waals surface area contributed by atoms with Crippen LogP contribution >= 0.6 is 0 Å².